The highest BCUT2D eigenvalue weighted by Crippen LogP contribution is 2.41. The van der Waals surface area contributed by atoms with Gasteiger partial charge in [-0.05, 0) is 24.7 Å². The molecule has 1 rings (SSSR count). The average molecular weight is 168 g/mol. The van der Waals surface area contributed by atoms with Gasteiger partial charge in [0.15, 0.2) is 0 Å². The molecular formula is C11H20O. The van der Waals surface area contributed by atoms with Crippen LogP contribution in [0.4, 0.5) is 0 Å². The zero-order valence-corrected chi connectivity index (χ0v) is 8.63. The van der Waals surface area contributed by atoms with Crippen molar-refractivity contribution >= 4 is 5.78 Å². The molecule has 1 saturated carbocycles. The molecule has 1 aliphatic rings. The first-order chi connectivity index (χ1) is 5.54. The van der Waals surface area contributed by atoms with E-state index in [0.29, 0.717) is 17.6 Å². The molecule has 0 aromatic rings. The summed E-state index contributed by atoms with van der Waals surface area (Å²) in [5.41, 5.74) is 0. The highest BCUT2D eigenvalue weighted by atomic mass is 16.1. The second kappa shape index (κ2) is 3.59. The van der Waals surface area contributed by atoms with E-state index in [9.17, 15) is 4.79 Å². The van der Waals surface area contributed by atoms with Crippen molar-refractivity contribution in [2.75, 3.05) is 0 Å². The first-order valence-electron chi connectivity index (χ1n) is 5.07. The van der Waals surface area contributed by atoms with Gasteiger partial charge in [0, 0.05) is 11.8 Å². The molecule has 1 unspecified atom stereocenters. The maximum absolute atomic E-state index is 11.8. The SMILES string of the molecule is CC(C)C(=O)C(C(C)C)C1CC1. The molecule has 1 nitrogen and oxygen atoms in total. The average Bonchev–Trinajstić information content (AvgIpc) is 2.70. The highest BCUT2D eigenvalue weighted by Gasteiger charge is 2.38. The smallest absolute Gasteiger partial charge is 0.139 e. The van der Waals surface area contributed by atoms with Crippen LogP contribution in [-0.2, 0) is 4.79 Å². The lowest BCUT2D eigenvalue weighted by molar-refractivity contribution is -0.127. The van der Waals surface area contributed by atoms with Gasteiger partial charge in [-0.15, -0.1) is 0 Å². The lowest BCUT2D eigenvalue weighted by Crippen LogP contribution is -2.26. The predicted molar refractivity (Wildman–Crippen MR) is 50.9 cm³/mol. The molecule has 0 amide bonds. The number of carbonyl (C=O) groups excluding carboxylic acids is 1. The predicted octanol–water partition coefficient (Wildman–Crippen LogP) is 2.89. The zero-order chi connectivity index (χ0) is 9.30. The Labute approximate surface area is 75.5 Å². The van der Waals surface area contributed by atoms with Crippen molar-refractivity contribution in [2.45, 2.75) is 40.5 Å². The largest absolute Gasteiger partial charge is 0.299 e. The molecule has 12 heavy (non-hydrogen) atoms. The minimum absolute atomic E-state index is 0.220. The fourth-order valence-electron chi connectivity index (χ4n) is 1.95. The third kappa shape index (κ3) is 2.09. The minimum atomic E-state index is 0.220. The van der Waals surface area contributed by atoms with Gasteiger partial charge in [0.05, 0.1) is 0 Å². The monoisotopic (exact) mass is 168 g/mol. The van der Waals surface area contributed by atoms with Crippen LogP contribution in [0.1, 0.15) is 40.5 Å². The molecular weight excluding hydrogens is 148 g/mol. The Bertz CT molecular complexity index is 164. The third-order valence-corrected chi connectivity index (χ3v) is 2.75. The van der Waals surface area contributed by atoms with Gasteiger partial charge in [-0.1, -0.05) is 27.7 Å². The number of hydrogen-bond acceptors (Lipinski definition) is 1. The van der Waals surface area contributed by atoms with Gasteiger partial charge in [0.25, 0.3) is 0 Å². The fourth-order valence-corrected chi connectivity index (χ4v) is 1.95. The van der Waals surface area contributed by atoms with Crippen molar-refractivity contribution in [1.29, 1.82) is 0 Å². The van der Waals surface area contributed by atoms with Crippen LogP contribution >= 0.6 is 0 Å². The number of rotatable bonds is 4. The Kier molecular flexibility index (Phi) is 2.92. The van der Waals surface area contributed by atoms with Crippen molar-refractivity contribution in [3.05, 3.63) is 0 Å². The van der Waals surface area contributed by atoms with Crippen LogP contribution in [0.3, 0.4) is 0 Å². The van der Waals surface area contributed by atoms with Crippen molar-refractivity contribution in [3.8, 4) is 0 Å². The van der Waals surface area contributed by atoms with E-state index in [0.717, 1.165) is 5.92 Å². The van der Waals surface area contributed by atoms with E-state index in [1.54, 1.807) is 0 Å². The number of Topliss-reactive ketones (excluding diaryl/α,β-unsaturated/α-hetero) is 1. The van der Waals surface area contributed by atoms with Crippen LogP contribution in [0.2, 0.25) is 0 Å². The van der Waals surface area contributed by atoms with Crippen LogP contribution in [0.5, 0.6) is 0 Å². The van der Waals surface area contributed by atoms with E-state index in [1.165, 1.54) is 12.8 Å². The van der Waals surface area contributed by atoms with Crippen molar-refractivity contribution in [3.63, 3.8) is 0 Å². The van der Waals surface area contributed by atoms with Crippen LogP contribution in [0, 0.1) is 23.7 Å². The topological polar surface area (TPSA) is 17.1 Å². The maximum Gasteiger partial charge on any atom is 0.139 e. The fraction of sp³-hybridized carbons (Fsp3) is 0.909. The van der Waals surface area contributed by atoms with E-state index >= 15 is 0 Å². The molecule has 0 aromatic carbocycles. The first-order valence-corrected chi connectivity index (χ1v) is 5.07. The summed E-state index contributed by atoms with van der Waals surface area (Å²) in [5.74, 6) is 2.31. The Balaban J connectivity index is 2.58. The molecule has 0 spiro atoms. The Morgan fingerprint density at radius 2 is 1.67 bits per heavy atom. The molecule has 0 N–H and O–H groups in total. The summed E-state index contributed by atoms with van der Waals surface area (Å²) in [6, 6.07) is 0. The summed E-state index contributed by atoms with van der Waals surface area (Å²) < 4.78 is 0. The van der Waals surface area contributed by atoms with E-state index in [2.05, 4.69) is 13.8 Å². The number of ketones is 1. The van der Waals surface area contributed by atoms with Gasteiger partial charge in [0.1, 0.15) is 5.78 Å². The van der Waals surface area contributed by atoms with Crippen LogP contribution in [0.25, 0.3) is 0 Å². The zero-order valence-electron chi connectivity index (χ0n) is 8.63. The van der Waals surface area contributed by atoms with Crippen molar-refractivity contribution in [1.82, 2.24) is 0 Å². The summed E-state index contributed by atoms with van der Waals surface area (Å²) in [5, 5.41) is 0. The number of hydrogen-bond donors (Lipinski definition) is 0. The molecule has 1 heteroatoms. The van der Waals surface area contributed by atoms with E-state index in [-0.39, 0.29) is 5.92 Å². The van der Waals surface area contributed by atoms with Gasteiger partial charge < -0.3 is 0 Å². The number of carbonyl (C=O) groups is 1. The molecule has 0 aliphatic heterocycles. The second-order valence-electron chi connectivity index (χ2n) is 4.66. The summed E-state index contributed by atoms with van der Waals surface area (Å²) in [6.45, 7) is 8.37. The summed E-state index contributed by atoms with van der Waals surface area (Å²) in [4.78, 5) is 11.8. The van der Waals surface area contributed by atoms with E-state index in [1.807, 2.05) is 13.8 Å². The van der Waals surface area contributed by atoms with Gasteiger partial charge in [0.2, 0.25) is 0 Å². The molecule has 0 saturated heterocycles. The van der Waals surface area contributed by atoms with Crippen LogP contribution in [0.15, 0.2) is 0 Å². The minimum Gasteiger partial charge on any atom is -0.299 e. The normalized spacial score (nSPS) is 20.2. The Hall–Kier alpha value is -0.330. The van der Waals surface area contributed by atoms with E-state index < -0.39 is 0 Å². The molecule has 1 fully saturated rings. The highest BCUT2D eigenvalue weighted by molar-refractivity contribution is 5.83. The summed E-state index contributed by atoms with van der Waals surface area (Å²) >= 11 is 0. The van der Waals surface area contributed by atoms with Gasteiger partial charge in [-0.25, -0.2) is 0 Å². The molecule has 70 valence electrons. The van der Waals surface area contributed by atoms with E-state index in [4.69, 9.17) is 0 Å². The molecule has 0 aromatic heterocycles. The van der Waals surface area contributed by atoms with Crippen molar-refractivity contribution < 1.29 is 4.79 Å². The summed E-state index contributed by atoms with van der Waals surface area (Å²) in [7, 11) is 0. The Morgan fingerprint density at radius 3 is 1.92 bits per heavy atom. The van der Waals surface area contributed by atoms with Gasteiger partial charge >= 0.3 is 0 Å². The second-order valence-corrected chi connectivity index (χ2v) is 4.66. The standard InChI is InChI=1S/C11H20O/c1-7(2)10(9-5-6-9)11(12)8(3)4/h7-10H,5-6H2,1-4H3. The molecule has 0 radical (unpaired) electrons. The Morgan fingerprint density at radius 1 is 1.17 bits per heavy atom. The van der Waals surface area contributed by atoms with Gasteiger partial charge in [-0.2, -0.15) is 0 Å². The van der Waals surface area contributed by atoms with Crippen LogP contribution in [-0.4, -0.2) is 5.78 Å². The van der Waals surface area contributed by atoms with Crippen LogP contribution < -0.4 is 0 Å². The lowest BCUT2D eigenvalue weighted by Gasteiger charge is -2.20. The van der Waals surface area contributed by atoms with Crippen molar-refractivity contribution in [2.24, 2.45) is 23.7 Å². The first kappa shape index (κ1) is 9.76. The lowest BCUT2D eigenvalue weighted by atomic mass is 9.83. The van der Waals surface area contributed by atoms with Gasteiger partial charge in [-0.3, -0.25) is 4.79 Å². The molecule has 1 atom stereocenters. The molecule has 0 heterocycles. The molecule has 1 aliphatic carbocycles. The quantitative estimate of drug-likeness (QED) is 0.631. The summed E-state index contributed by atoms with van der Waals surface area (Å²) in [6.07, 6.45) is 2.56. The third-order valence-electron chi connectivity index (χ3n) is 2.75. The maximum atomic E-state index is 11.8. The molecule has 0 bridgehead atoms.